The number of likely N-dealkylation sites (tertiary alicyclic amines) is 1. The Morgan fingerprint density at radius 3 is 2.67 bits per heavy atom. The molecule has 1 aliphatic rings. The van der Waals surface area contributed by atoms with Crippen LogP contribution in [0.2, 0.25) is 0 Å². The van der Waals surface area contributed by atoms with E-state index in [2.05, 4.69) is 24.1 Å². The third-order valence-electron chi connectivity index (χ3n) is 4.33. The summed E-state index contributed by atoms with van der Waals surface area (Å²) >= 11 is 0. The number of hydrogen-bond acceptors (Lipinski definition) is 3. The molecule has 1 rings (SSSR count). The highest BCUT2D eigenvalue weighted by Gasteiger charge is 2.35. The summed E-state index contributed by atoms with van der Waals surface area (Å²) in [6.07, 6.45) is 3.32. The van der Waals surface area contributed by atoms with Crippen molar-refractivity contribution < 1.29 is 4.79 Å². The molecule has 1 saturated heterocycles. The summed E-state index contributed by atoms with van der Waals surface area (Å²) in [6, 6.07) is 0.401. The van der Waals surface area contributed by atoms with Gasteiger partial charge in [0.25, 0.3) is 0 Å². The molecule has 0 aromatic carbocycles. The molecule has 4 heteroatoms. The van der Waals surface area contributed by atoms with Crippen molar-refractivity contribution in [2.75, 3.05) is 19.6 Å². The Kier molecular flexibility index (Phi) is 5.60. The molecule has 0 saturated carbocycles. The molecule has 0 spiro atoms. The Morgan fingerprint density at radius 1 is 1.56 bits per heavy atom. The first kappa shape index (κ1) is 15.4. The molecule has 1 fully saturated rings. The van der Waals surface area contributed by atoms with Crippen LogP contribution in [0.1, 0.15) is 47.0 Å². The SMILES string of the molecule is CCNC(C)(CC(C)N1CCC(CC)C1)C(N)=O. The number of carbonyl (C=O) groups is 1. The number of likely N-dealkylation sites (N-methyl/N-ethyl adjacent to an activating group) is 1. The van der Waals surface area contributed by atoms with Crippen LogP contribution in [0.15, 0.2) is 0 Å². The number of carbonyl (C=O) groups excluding carboxylic acids is 1. The molecule has 0 radical (unpaired) electrons. The van der Waals surface area contributed by atoms with Gasteiger partial charge in [-0.15, -0.1) is 0 Å². The molecular formula is C14H29N3O. The van der Waals surface area contributed by atoms with Gasteiger partial charge < -0.3 is 16.0 Å². The predicted molar refractivity (Wildman–Crippen MR) is 75.3 cm³/mol. The van der Waals surface area contributed by atoms with Crippen molar-refractivity contribution in [1.29, 1.82) is 0 Å². The number of amides is 1. The zero-order chi connectivity index (χ0) is 13.8. The molecule has 18 heavy (non-hydrogen) atoms. The van der Waals surface area contributed by atoms with Gasteiger partial charge >= 0.3 is 0 Å². The van der Waals surface area contributed by atoms with Gasteiger partial charge in [-0.05, 0) is 45.7 Å². The summed E-state index contributed by atoms with van der Waals surface area (Å²) in [5.74, 6) is 0.578. The molecule has 0 aromatic rings. The molecule has 3 atom stereocenters. The minimum absolute atomic E-state index is 0.248. The van der Waals surface area contributed by atoms with Crippen molar-refractivity contribution in [3.05, 3.63) is 0 Å². The molecule has 3 N–H and O–H groups in total. The van der Waals surface area contributed by atoms with Gasteiger partial charge in [0.1, 0.15) is 0 Å². The van der Waals surface area contributed by atoms with Crippen LogP contribution < -0.4 is 11.1 Å². The topological polar surface area (TPSA) is 58.4 Å². The van der Waals surface area contributed by atoms with Crippen molar-refractivity contribution in [3.8, 4) is 0 Å². The fourth-order valence-corrected chi connectivity index (χ4v) is 2.97. The van der Waals surface area contributed by atoms with Gasteiger partial charge in [-0.2, -0.15) is 0 Å². The lowest BCUT2D eigenvalue weighted by molar-refractivity contribution is -0.124. The number of nitrogens with zero attached hydrogens (tertiary/aromatic N) is 1. The average Bonchev–Trinajstić information content (AvgIpc) is 2.77. The van der Waals surface area contributed by atoms with Crippen molar-refractivity contribution in [3.63, 3.8) is 0 Å². The molecule has 1 heterocycles. The standard InChI is InChI=1S/C14H29N3O/c1-5-12-7-8-17(10-12)11(3)9-14(4,13(15)18)16-6-2/h11-12,16H,5-10H2,1-4H3,(H2,15,18). The number of nitrogens with two attached hydrogens (primary N) is 1. The van der Waals surface area contributed by atoms with Gasteiger partial charge in [-0.3, -0.25) is 4.79 Å². The van der Waals surface area contributed by atoms with Crippen molar-refractivity contribution >= 4 is 5.91 Å². The highest BCUT2D eigenvalue weighted by atomic mass is 16.1. The Morgan fingerprint density at radius 2 is 2.22 bits per heavy atom. The van der Waals surface area contributed by atoms with E-state index in [0.717, 1.165) is 25.4 Å². The normalized spacial score (nSPS) is 25.9. The first-order valence-corrected chi connectivity index (χ1v) is 7.22. The smallest absolute Gasteiger partial charge is 0.237 e. The van der Waals surface area contributed by atoms with Crippen LogP contribution in [0.4, 0.5) is 0 Å². The minimum atomic E-state index is -0.585. The van der Waals surface area contributed by atoms with Crippen molar-refractivity contribution in [1.82, 2.24) is 10.2 Å². The minimum Gasteiger partial charge on any atom is -0.368 e. The quantitative estimate of drug-likeness (QED) is 0.722. The van der Waals surface area contributed by atoms with E-state index >= 15 is 0 Å². The van der Waals surface area contributed by atoms with E-state index in [-0.39, 0.29) is 5.91 Å². The molecule has 0 bridgehead atoms. The second-order valence-corrected chi connectivity index (χ2v) is 5.84. The number of primary amides is 1. The zero-order valence-electron chi connectivity index (χ0n) is 12.3. The summed E-state index contributed by atoms with van der Waals surface area (Å²) in [4.78, 5) is 14.1. The van der Waals surface area contributed by atoms with Gasteiger partial charge in [-0.25, -0.2) is 0 Å². The van der Waals surface area contributed by atoms with Crippen molar-refractivity contribution in [2.24, 2.45) is 11.7 Å². The lowest BCUT2D eigenvalue weighted by Crippen LogP contribution is -2.56. The molecule has 1 aliphatic heterocycles. The number of rotatable bonds is 7. The Labute approximate surface area is 111 Å². The molecule has 0 aliphatic carbocycles. The molecule has 106 valence electrons. The summed E-state index contributed by atoms with van der Waals surface area (Å²) in [5, 5.41) is 3.24. The fourth-order valence-electron chi connectivity index (χ4n) is 2.97. The molecule has 0 aromatic heterocycles. The van der Waals surface area contributed by atoms with E-state index in [1.54, 1.807) is 0 Å². The number of nitrogens with one attached hydrogen (secondary N) is 1. The predicted octanol–water partition coefficient (Wildman–Crippen LogP) is 1.35. The van der Waals surface area contributed by atoms with E-state index in [9.17, 15) is 4.79 Å². The lowest BCUT2D eigenvalue weighted by atomic mass is 9.92. The summed E-state index contributed by atoms with van der Waals surface area (Å²) < 4.78 is 0. The maximum absolute atomic E-state index is 11.6. The van der Waals surface area contributed by atoms with Gasteiger partial charge in [-0.1, -0.05) is 20.3 Å². The molecular weight excluding hydrogens is 226 g/mol. The maximum atomic E-state index is 11.6. The van der Waals surface area contributed by atoms with Gasteiger partial charge in [0.2, 0.25) is 5.91 Å². The largest absolute Gasteiger partial charge is 0.368 e. The van der Waals surface area contributed by atoms with E-state index < -0.39 is 5.54 Å². The summed E-state index contributed by atoms with van der Waals surface area (Å²) in [5.41, 5.74) is 4.95. The van der Waals surface area contributed by atoms with Crippen LogP contribution in [-0.2, 0) is 4.79 Å². The third kappa shape index (κ3) is 3.69. The summed E-state index contributed by atoms with van der Waals surface area (Å²) in [7, 11) is 0. The van der Waals surface area contributed by atoms with Crippen LogP contribution in [0, 0.1) is 5.92 Å². The van der Waals surface area contributed by atoms with E-state index in [1.807, 2.05) is 13.8 Å². The van der Waals surface area contributed by atoms with E-state index in [4.69, 9.17) is 5.73 Å². The van der Waals surface area contributed by atoms with Crippen LogP contribution in [0.25, 0.3) is 0 Å². The molecule has 1 amide bonds. The Balaban J connectivity index is 2.56. The Bertz CT molecular complexity index is 282. The van der Waals surface area contributed by atoms with Crippen LogP contribution in [0.5, 0.6) is 0 Å². The zero-order valence-corrected chi connectivity index (χ0v) is 12.3. The lowest BCUT2D eigenvalue weighted by Gasteiger charge is -2.34. The van der Waals surface area contributed by atoms with Crippen LogP contribution in [0.3, 0.4) is 0 Å². The van der Waals surface area contributed by atoms with Crippen LogP contribution >= 0.6 is 0 Å². The molecule has 3 unspecified atom stereocenters. The van der Waals surface area contributed by atoms with Gasteiger partial charge in [0, 0.05) is 12.6 Å². The van der Waals surface area contributed by atoms with E-state index in [0.29, 0.717) is 6.04 Å². The average molecular weight is 255 g/mol. The summed E-state index contributed by atoms with van der Waals surface area (Å²) in [6.45, 7) is 11.5. The Hall–Kier alpha value is -0.610. The first-order valence-electron chi connectivity index (χ1n) is 7.22. The van der Waals surface area contributed by atoms with E-state index in [1.165, 1.54) is 19.4 Å². The number of hydrogen-bond donors (Lipinski definition) is 2. The van der Waals surface area contributed by atoms with Gasteiger partial charge in [0.15, 0.2) is 0 Å². The second-order valence-electron chi connectivity index (χ2n) is 5.84. The highest BCUT2D eigenvalue weighted by molar-refractivity contribution is 5.84. The fraction of sp³-hybridized carbons (Fsp3) is 0.929. The molecule has 4 nitrogen and oxygen atoms in total. The second kappa shape index (κ2) is 6.53. The first-order chi connectivity index (χ1) is 8.42. The third-order valence-corrected chi connectivity index (χ3v) is 4.33. The van der Waals surface area contributed by atoms with Gasteiger partial charge in [0.05, 0.1) is 5.54 Å². The van der Waals surface area contributed by atoms with Crippen molar-refractivity contribution in [2.45, 2.75) is 58.5 Å². The highest BCUT2D eigenvalue weighted by Crippen LogP contribution is 2.24. The maximum Gasteiger partial charge on any atom is 0.237 e. The van der Waals surface area contributed by atoms with Crippen LogP contribution in [-0.4, -0.2) is 42.0 Å². The monoisotopic (exact) mass is 255 g/mol.